The molecule has 10 heteroatoms. The summed E-state index contributed by atoms with van der Waals surface area (Å²) in [6, 6.07) is 4.41. The summed E-state index contributed by atoms with van der Waals surface area (Å²) in [6.45, 7) is 5.00. The first-order valence-electron chi connectivity index (χ1n) is 8.78. The van der Waals surface area contributed by atoms with E-state index in [9.17, 15) is 14.0 Å². The molecule has 2 aromatic heterocycles. The van der Waals surface area contributed by atoms with Gasteiger partial charge in [0.25, 0.3) is 5.56 Å². The number of halogens is 2. The molecule has 0 saturated heterocycles. The number of carbonyl (C=O) groups excluding carboxylic acids is 1. The Morgan fingerprint density at radius 3 is 2.82 bits per heavy atom. The minimum atomic E-state index is -0.526. The standard InChI is InChI=1S/C18H19BrFN5O2S/c1-3-7-25-17(27)16-14(9-24(4-2)23-16)22-18(25)28-10-15(26)21-13-6-5-11(19)8-12(13)20/h5-6,8-9H,3-4,7,10H2,1-2H3,(H,21,26). The number of amides is 1. The van der Waals surface area contributed by atoms with Gasteiger partial charge in [-0.25, -0.2) is 9.37 Å². The highest BCUT2D eigenvalue weighted by Gasteiger charge is 2.16. The Balaban J connectivity index is 1.81. The zero-order chi connectivity index (χ0) is 20.3. The van der Waals surface area contributed by atoms with E-state index in [-0.39, 0.29) is 22.9 Å². The van der Waals surface area contributed by atoms with Crippen LogP contribution in [0.3, 0.4) is 0 Å². The number of thioether (sulfide) groups is 1. The molecule has 0 unspecified atom stereocenters. The van der Waals surface area contributed by atoms with Crippen molar-refractivity contribution in [1.82, 2.24) is 19.3 Å². The van der Waals surface area contributed by atoms with Crippen molar-refractivity contribution in [3.05, 3.63) is 45.0 Å². The maximum Gasteiger partial charge on any atom is 0.282 e. The topological polar surface area (TPSA) is 81.8 Å². The van der Waals surface area contributed by atoms with E-state index in [1.54, 1.807) is 16.9 Å². The highest BCUT2D eigenvalue weighted by Crippen LogP contribution is 2.21. The van der Waals surface area contributed by atoms with Crippen LogP contribution < -0.4 is 10.9 Å². The van der Waals surface area contributed by atoms with Crippen molar-refractivity contribution < 1.29 is 9.18 Å². The van der Waals surface area contributed by atoms with Gasteiger partial charge in [-0.1, -0.05) is 34.6 Å². The number of rotatable bonds is 7. The lowest BCUT2D eigenvalue weighted by Crippen LogP contribution is -2.24. The van der Waals surface area contributed by atoms with Gasteiger partial charge in [0.1, 0.15) is 11.3 Å². The van der Waals surface area contributed by atoms with Crippen LogP contribution in [0.15, 0.2) is 38.8 Å². The van der Waals surface area contributed by atoms with Crippen LogP contribution in [-0.2, 0) is 17.9 Å². The van der Waals surface area contributed by atoms with Crippen LogP contribution in [0.25, 0.3) is 11.0 Å². The summed E-state index contributed by atoms with van der Waals surface area (Å²) in [5.74, 6) is -0.908. The second kappa shape index (κ2) is 8.87. The van der Waals surface area contributed by atoms with E-state index < -0.39 is 5.82 Å². The Morgan fingerprint density at radius 1 is 1.36 bits per heavy atom. The van der Waals surface area contributed by atoms with Crippen LogP contribution in [0.5, 0.6) is 0 Å². The van der Waals surface area contributed by atoms with Crippen LogP contribution in [0.4, 0.5) is 10.1 Å². The Hall–Kier alpha value is -2.20. The summed E-state index contributed by atoms with van der Waals surface area (Å²) < 4.78 is 17.7. The van der Waals surface area contributed by atoms with E-state index in [0.717, 1.165) is 18.2 Å². The average molecular weight is 468 g/mol. The molecule has 0 bridgehead atoms. The molecule has 0 aliphatic heterocycles. The third-order valence-corrected chi connectivity index (χ3v) is 5.42. The SMILES string of the molecule is CCCn1c(SCC(=O)Nc2ccc(Br)cc2F)nc2cn(CC)nc2c1=O. The van der Waals surface area contributed by atoms with Crippen molar-refractivity contribution in [2.24, 2.45) is 0 Å². The van der Waals surface area contributed by atoms with Crippen LogP contribution in [0, 0.1) is 5.82 Å². The van der Waals surface area contributed by atoms with Crippen LogP contribution >= 0.6 is 27.7 Å². The number of nitrogens with zero attached hydrogens (tertiary/aromatic N) is 4. The smallest absolute Gasteiger partial charge is 0.282 e. The molecular weight excluding hydrogens is 449 g/mol. The van der Waals surface area contributed by atoms with Crippen molar-refractivity contribution in [2.75, 3.05) is 11.1 Å². The molecule has 0 saturated carbocycles. The number of hydrogen-bond acceptors (Lipinski definition) is 5. The molecule has 1 aromatic carbocycles. The molecule has 0 aliphatic rings. The minimum absolute atomic E-state index is 0.000913. The van der Waals surface area contributed by atoms with Gasteiger partial charge in [0.2, 0.25) is 5.91 Å². The molecule has 0 aliphatic carbocycles. The molecule has 0 radical (unpaired) electrons. The zero-order valence-electron chi connectivity index (χ0n) is 15.4. The van der Waals surface area contributed by atoms with E-state index in [4.69, 9.17) is 0 Å². The van der Waals surface area contributed by atoms with E-state index in [1.807, 2.05) is 13.8 Å². The molecule has 0 spiro atoms. The monoisotopic (exact) mass is 467 g/mol. The van der Waals surface area contributed by atoms with E-state index in [2.05, 4.69) is 31.3 Å². The third kappa shape index (κ3) is 4.44. The number of anilines is 1. The second-order valence-electron chi connectivity index (χ2n) is 6.03. The molecule has 1 N–H and O–H groups in total. The van der Waals surface area contributed by atoms with Crippen molar-refractivity contribution in [3.8, 4) is 0 Å². The van der Waals surface area contributed by atoms with Gasteiger partial charge >= 0.3 is 0 Å². The Bertz CT molecular complexity index is 1080. The predicted molar refractivity (Wildman–Crippen MR) is 111 cm³/mol. The molecule has 7 nitrogen and oxygen atoms in total. The molecule has 2 heterocycles. The molecule has 148 valence electrons. The lowest BCUT2D eigenvalue weighted by atomic mass is 10.3. The molecule has 28 heavy (non-hydrogen) atoms. The van der Waals surface area contributed by atoms with Gasteiger partial charge in [-0.3, -0.25) is 18.8 Å². The number of nitrogens with one attached hydrogen (secondary N) is 1. The Kier molecular flexibility index (Phi) is 6.50. The summed E-state index contributed by atoms with van der Waals surface area (Å²) in [4.78, 5) is 29.5. The molecular formula is C18H19BrFN5O2S. The normalized spacial score (nSPS) is 11.1. The Morgan fingerprint density at radius 2 is 2.14 bits per heavy atom. The summed E-state index contributed by atoms with van der Waals surface area (Å²) in [7, 11) is 0. The number of aryl methyl sites for hydroxylation is 1. The van der Waals surface area contributed by atoms with Gasteiger partial charge < -0.3 is 5.32 Å². The number of fused-ring (bicyclic) bond motifs is 1. The fourth-order valence-electron chi connectivity index (χ4n) is 2.62. The first-order valence-corrected chi connectivity index (χ1v) is 10.6. The summed E-state index contributed by atoms with van der Waals surface area (Å²) >= 11 is 4.32. The first-order chi connectivity index (χ1) is 13.4. The number of benzene rings is 1. The Labute approximate surface area is 173 Å². The van der Waals surface area contributed by atoms with Gasteiger partial charge in [-0.2, -0.15) is 5.10 Å². The first kappa shape index (κ1) is 20.5. The summed E-state index contributed by atoms with van der Waals surface area (Å²) in [6.07, 6.45) is 2.46. The van der Waals surface area contributed by atoms with E-state index in [1.165, 1.54) is 16.7 Å². The van der Waals surface area contributed by atoms with E-state index >= 15 is 0 Å². The van der Waals surface area contributed by atoms with Crippen molar-refractivity contribution in [1.29, 1.82) is 0 Å². The molecule has 0 fully saturated rings. The van der Waals surface area contributed by atoms with Gasteiger partial charge in [0, 0.05) is 17.6 Å². The van der Waals surface area contributed by atoms with Gasteiger partial charge in [0.15, 0.2) is 10.7 Å². The second-order valence-corrected chi connectivity index (χ2v) is 7.89. The molecule has 3 aromatic rings. The van der Waals surface area contributed by atoms with Crippen molar-refractivity contribution in [2.45, 2.75) is 38.5 Å². The lowest BCUT2D eigenvalue weighted by molar-refractivity contribution is -0.113. The van der Waals surface area contributed by atoms with Crippen molar-refractivity contribution in [3.63, 3.8) is 0 Å². The lowest BCUT2D eigenvalue weighted by Gasteiger charge is -2.11. The fraction of sp³-hybridized carbons (Fsp3) is 0.333. The third-order valence-electron chi connectivity index (χ3n) is 3.95. The van der Waals surface area contributed by atoms with Gasteiger partial charge in [-0.05, 0) is 31.5 Å². The van der Waals surface area contributed by atoms with Crippen LogP contribution in [0.2, 0.25) is 0 Å². The maximum atomic E-state index is 13.9. The predicted octanol–water partition coefficient (Wildman–Crippen LogP) is 3.66. The highest BCUT2D eigenvalue weighted by atomic mass is 79.9. The number of carbonyl (C=O) groups is 1. The molecule has 3 rings (SSSR count). The molecule has 1 amide bonds. The largest absolute Gasteiger partial charge is 0.323 e. The van der Waals surface area contributed by atoms with Crippen molar-refractivity contribution >= 4 is 50.3 Å². The average Bonchev–Trinajstić information content (AvgIpc) is 3.08. The minimum Gasteiger partial charge on any atom is -0.323 e. The number of aromatic nitrogens is 4. The zero-order valence-corrected chi connectivity index (χ0v) is 17.8. The maximum absolute atomic E-state index is 13.9. The van der Waals surface area contributed by atoms with Crippen LogP contribution in [-0.4, -0.2) is 31.0 Å². The summed E-state index contributed by atoms with van der Waals surface area (Å²) in [5, 5.41) is 7.25. The van der Waals surface area contributed by atoms with Gasteiger partial charge in [0.05, 0.1) is 17.6 Å². The van der Waals surface area contributed by atoms with Crippen LogP contribution in [0.1, 0.15) is 20.3 Å². The quantitative estimate of drug-likeness (QED) is 0.423. The number of hydrogen-bond donors (Lipinski definition) is 1. The van der Waals surface area contributed by atoms with Gasteiger partial charge in [-0.15, -0.1) is 0 Å². The highest BCUT2D eigenvalue weighted by molar-refractivity contribution is 9.10. The summed E-state index contributed by atoms with van der Waals surface area (Å²) in [5.41, 5.74) is 0.704. The molecule has 0 atom stereocenters. The van der Waals surface area contributed by atoms with E-state index in [0.29, 0.717) is 33.8 Å². The fourth-order valence-corrected chi connectivity index (χ4v) is 3.78.